The zero-order chi connectivity index (χ0) is 14.4. The van der Waals surface area contributed by atoms with E-state index >= 15 is 0 Å². The molecule has 2 rings (SSSR count). The summed E-state index contributed by atoms with van der Waals surface area (Å²) < 4.78 is 6.67. The fourth-order valence-corrected chi connectivity index (χ4v) is 2.20. The first-order chi connectivity index (χ1) is 9.66. The number of nitro groups is 1. The molecule has 0 saturated carbocycles. The summed E-state index contributed by atoms with van der Waals surface area (Å²) in [6.07, 6.45) is 0. The van der Waals surface area contributed by atoms with Crippen molar-refractivity contribution in [3.8, 4) is 5.75 Å². The van der Waals surface area contributed by atoms with Crippen LogP contribution >= 0.6 is 22.6 Å². The molecule has 0 aromatic heterocycles. The van der Waals surface area contributed by atoms with Gasteiger partial charge < -0.3 is 10.1 Å². The fraction of sp³-hybridized carbons (Fsp3) is 0.143. The number of anilines is 1. The molecule has 0 saturated heterocycles. The molecule has 0 bridgehead atoms. The van der Waals surface area contributed by atoms with Gasteiger partial charge in [-0.1, -0.05) is 12.1 Å². The van der Waals surface area contributed by atoms with Crippen molar-refractivity contribution in [2.24, 2.45) is 0 Å². The maximum atomic E-state index is 10.5. The Hall–Kier alpha value is -1.83. The Bertz CT molecular complexity index is 587. The minimum Gasteiger partial charge on any atom is -0.492 e. The number of nitro benzene ring substituents is 1. The van der Waals surface area contributed by atoms with E-state index < -0.39 is 4.92 Å². The molecular weight excluding hydrogens is 371 g/mol. The third kappa shape index (κ3) is 4.09. The number of ether oxygens (including phenoxy) is 1. The molecule has 0 aliphatic carbocycles. The second-order valence-electron chi connectivity index (χ2n) is 4.01. The van der Waals surface area contributed by atoms with Crippen LogP contribution in [0.5, 0.6) is 5.75 Å². The van der Waals surface area contributed by atoms with Crippen molar-refractivity contribution in [1.82, 2.24) is 0 Å². The molecule has 0 unspecified atom stereocenters. The Balaban J connectivity index is 1.79. The molecule has 0 amide bonds. The van der Waals surface area contributed by atoms with E-state index in [1.165, 1.54) is 12.1 Å². The Kier molecular flexibility index (Phi) is 5.16. The summed E-state index contributed by atoms with van der Waals surface area (Å²) in [5.41, 5.74) is 1.13. The molecule has 20 heavy (non-hydrogen) atoms. The summed E-state index contributed by atoms with van der Waals surface area (Å²) in [7, 11) is 0. The van der Waals surface area contributed by atoms with Crippen LogP contribution < -0.4 is 10.1 Å². The molecule has 0 spiro atoms. The number of para-hydroxylation sites is 1. The minimum atomic E-state index is -0.428. The minimum absolute atomic E-state index is 0.0642. The van der Waals surface area contributed by atoms with E-state index in [1.54, 1.807) is 12.1 Å². The Morgan fingerprint density at radius 3 is 2.50 bits per heavy atom. The molecule has 0 fully saturated rings. The second kappa shape index (κ2) is 7.09. The maximum Gasteiger partial charge on any atom is 0.269 e. The molecule has 0 aliphatic rings. The Labute approximate surface area is 130 Å². The lowest BCUT2D eigenvalue weighted by atomic mass is 10.3. The highest BCUT2D eigenvalue weighted by Crippen LogP contribution is 2.18. The predicted molar refractivity (Wildman–Crippen MR) is 86.2 cm³/mol. The second-order valence-corrected chi connectivity index (χ2v) is 5.17. The van der Waals surface area contributed by atoms with Crippen molar-refractivity contribution in [2.75, 3.05) is 18.5 Å². The van der Waals surface area contributed by atoms with Gasteiger partial charge in [0.1, 0.15) is 12.4 Å². The molecule has 5 nitrogen and oxygen atoms in total. The first-order valence-electron chi connectivity index (χ1n) is 6.02. The van der Waals surface area contributed by atoms with E-state index in [9.17, 15) is 10.1 Å². The molecular formula is C14H13IN2O3. The number of rotatable bonds is 6. The van der Waals surface area contributed by atoms with Gasteiger partial charge in [0.15, 0.2) is 0 Å². The van der Waals surface area contributed by atoms with Crippen molar-refractivity contribution in [3.63, 3.8) is 0 Å². The van der Waals surface area contributed by atoms with Crippen molar-refractivity contribution < 1.29 is 9.66 Å². The van der Waals surface area contributed by atoms with Gasteiger partial charge in [0.05, 0.1) is 4.92 Å². The maximum absolute atomic E-state index is 10.5. The van der Waals surface area contributed by atoms with Gasteiger partial charge in [-0.2, -0.15) is 0 Å². The predicted octanol–water partition coefficient (Wildman–Crippen LogP) is 3.69. The molecule has 0 atom stereocenters. The smallest absolute Gasteiger partial charge is 0.269 e. The number of hydrogen-bond donors (Lipinski definition) is 1. The van der Waals surface area contributed by atoms with Gasteiger partial charge in [-0.15, -0.1) is 0 Å². The number of benzene rings is 2. The molecule has 0 heterocycles. The molecule has 2 aromatic carbocycles. The summed E-state index contributed by atoms with van der Waals surface area (Å²) in [4.78, 5) is 10.1. The fourth-order valence-electron chi connectivity index (χ4n) is 1.62. The van der Waals surface area contributed by atoms with Crippen LogP contribution in [0, 0.1) is 13.7 Å². The highest BCUT2D eigenvalue weighted by Gasteiger charge is 2.04. The van der Waals surface area contributed by atoms with Crippen molar-refractivity contribution >= 4 is 34.0 Å². The zero-order valence-corrected chi connectivity index (χ0v) is 12.7. The normalized spacial score (nSPS) is 10.1. The van der Waals surface area contributed by atoms with Gasteiger partial charge in [0, 0.05) is 27.9 Å². The summed E-state index contributed by atoms with van der Waals surface area (Å²) in [6.45, 7) is 1.15. The van der Waals surface area contributed by atoms with E-state index in [2.05, 4.69) is 27.9 Å². The first kappa shape index (κ1) is 14.6. The van der Waals surface area contributed by atoms with Crippen LogP contribution in [-0.4, -0.2) is 18.1 Å². The lowest BCUT2D eigenvalue weighted by Gasteiger charge is -2.09. The Morgan fingerprint density at radius 2 is 1.85 bits per heavy atom. The van der Waals surface area contributed by atoms with Crippen LogP contribution in [0.2, 0.25) is 0 Å². The summed E-state index contributed by atoms with van der Waals surface area (Å²) in [6, 6.07) is 14.1. The van der Waals surface area contributed by atoms with Gasteiger partial charge in [-0.3, -0.25) is 10.1 Å². The quantitative estimate of drug-likeness (QED) is 0.357. The lowest BCUT2D eigenvalue weighted by Crippen LogP contribution is -2.12. The number of non-ortho nitro benzene ring substituents is 1. The van der Waals surface area contributed by atoms with Crippen LogP contribution in [0.15, 0.2) is 48.5 Å². The van der Waals surface area contributed by atoms with Crippen LogP contribution in [0.4, 0.5) is 11.4 Å². The molecule has 104 valence electrons. The summed E-state index contributed by atoms with van der Waals surface area (Å²) in [5.74, 6) is 0.625. The monoisotopic (exact) mass is 384 g/mol. The van der Waals surface area contributed by atoms with Crippen LogP contribution in [0.3, 0.4) is 0 Å². The van der Waals surface area contributed by atoms with E-state index in [-0.39, 0.29) is 5.69 Å². The van der Waals surface area contributed by atoms with Gasteiger partial charge in [-0.25, -0.2) is 0 Å². The van der Waals surface area contributed by atoms with Gasteiger partial charge in [0.2, 0.25) is 0 Å². The van der Waals surface area contributed by atoms with Crippen LogP contribution in [0.25, 0.3) is 0 Å². The van der Waals surface area contributed by atoms with Gasteiger partial charge in [-0.05, 0) is 46.9 Å². The average molecular weight is 384 g/mol. The van der Waals surface area contributed by atoms with Crippen molar-refractivity contribution in [3.05, 3.63) is 62.2 Å². The summed E-state index contributed by atoms with van der Waals surface area (Å²) >= 11 is 2.27. The highest BCUT2D eigenvalue weighted by atomic mass is 127. The largest absolute Gasteiger partial charge is 0.492 e. The van der Waals surface area contributed by atoms with Gasteiger partial charge >= 0.3 is 0 Å². The molecule has 0 radical (unpaired) electrons. The third-order valence-electron chi connectivity index (χ3n) is 2.61. The van der Waals surface area contributed by atoms with E-state index in [0.717, 1.165) is 9.26 Å². The number of hydrogen-bond acceptors (Lipinski definition) is 4. The van der Waals surface area contributed by atoms with E-state index in [1.807, 2.05) is 24.3 Å². The van der Waals surface area contributed by atoms with E-state index in [0.29, 0.717) is 18.9 Å². The van der Waals surface area contributed by atoms with Crippen molar-refractivity contribution in [1.29, 1.82) is 0 Å². The molecule has 1 N–H and O–H groups in total. The molecule has 6 heteroatoms. The zero-order valence-electron chi connectivity index (χ0n) is 10.6. The number of nitrogens with zero attached hydrogens (tertiary/aromatic N) is 1. The number of halogens is 1. The summed E-state index contributed by atoms with van der Waals surface area (Å²) in [5, 5.41) is 13.8. The molecule has 0 aliphatic heterocycles. The highest BCUT2D eigenvalue weighted by molar-refractivity contribution is 14.1. The standard InChI is InChI=1S/C14H13IN2O3/c15-13-3-1-2-4-14(13)16-9-10-20-12-7-5-11(6-8-12)17(18)19/h1-8,16H,9-10H2. The van der Waals surface area contributed by atoms with Crippen LogP contribution in [0.1, 0.15) is 0 Å². The van der Waals surface area contributed by atoms with E-state index in [4.69, 9.17) is 4.74 Å². The van der Waals surface area contributed by atoms with Crippen LogP contribution in [-0.2, 0) is 0 Å². The first-order valence-corrected chi connectivity index (χ1v) is 7.10. The van der Waals surface area contributed by atoms with Gasteiger partial charge in [0.25, 0.3) is 5.69 Å². The Morgan fingerprint density at radius 1 is 1.15 bits per heavy atom. The number of nitrogens with one attached hydrogen (secondary N) is 1. The third-order valence-corrected chi connectivity index (χ3v) is 3.55. The average Bonchev–Trinajstić information content (AvgIpc) is 2.46. The molecule has 2 aromatic rings. The van der Waals surface area contributed by atoms with Crippen molar-refractivity contribution in [2.45, 2.75) is 0 Å². The topological polar surface area (TPSA) is 64.4 Å². The SMILES string of the molecule is O=[N+]([O-])c1ccc(OCCNc2ccccc2I)cc1. The lowest BCUT2D eigenvalue weighted by molar-refractivity contribution is -0.384.